The zero-order valence-corrected chi connectivity index (χ0v) is 18.1. The summed E-state index contributed by atoms with van der Waals surface area (Å²) in [4.78, 5) is 17.2. The standard InChI is InChI=1S/C26H16N2O2Se/c29-24-16-22(20-9-3-4-10-21(20)30-24)31-26-25(27-23-11-5-6-14-28(23)26)19-13-12-17-7-1-2-8-18(17)15-19/h1-16H. The molecule has 0 aliphatic heterocycles. The molecular weight excluding hydrogens is 451 g/mol. The van der Waals surface area contributed by atoms with E-state index in [-0.39, 0.29) is 20.6 Å². The van der Waals surface area contributed by atoms with Gasteiger partial charge in [-0.2, -0.15) is 0 Å². The second kappa shape index (κ2) is 7.24. The molecule has 0 saturated heterocycles. The van der Waals surface area contributed by atoms with Gasteiger partial charge in [-0.05, 0) is 0 Å². The van der Waals surface area contributed by atoms with Crippen molar-refractivity contribution in [2.24, 2.45) is 0 Å². The van der Waals surface area contributed by atoms with Gasteiger partial charge in [0.1, 0.15) is 0 Å². The molecule has 0 unspecified atom stereocenters. The van der Waals surface area contributed by atoms with Gasteiger partial charge in [-0.1, -0.05) is 0 Å². The second-order valence-electron chi connectivity index (χ2n) is 7.28. The minimum absolute atomic E-state index is 0.155. The molecule has 0 saturated carbocycles. The molecule has 0 spiro atoms. The van der Waals surface area contributed by atoms with Crippen LogP contribution in [0.1, 0.15) is 0 Å². The summed E-state index contributed by atoms with van der Waals surface area (Å²) in [6.45, 7) is 0. The summed E-state index contributed by atoms with van der Waals surface area (Å²) in [6, 6.07) is 30.1. The quantitative estimate of drug-likeness (QED) is 0.293. The fourth-order valence-corrected chi connectivity index (χ4v) is 6.29. The number of hydrogen-bond donors (Lipinski definition) is 0. The molecule has 4 nitrogen and oxygen atoms in total. The van der Waals surface area contributed by atoms with Crippen molar-refractivity contribution in [1.82, 2.24) is 9.38 Å². The van der Waals surface area contributed by atoms with Gasteiger partial charge >= 0.3 is 184 Å². The van der Waals surface area contributed by atoms with Crippen molar-refractivity contribution in [1.29, 1.82) is 0 Å². The van der Waals surface area contributed by atoms with Gasteiger partial charge in [0.2, 0.25) is 0 Å². The van der Waals surface area contributed by atoms with E-state index in [9.17, 15) is 4.79 Å². The summed E-state index contributed by atoms with van der Waals surface area (Å²) < 4.78 is 9.64. The van der Waals surface area contributed by atoms with Crippen molar-refractivity contribution >= 4 is 51.4 Å². The molecular formula is C26H16N2O2Se. The first-order valence-electron chi connectivity index (χ1n) is 9.93. The van der Waals surface area contributed by atoms with Crippen LogP contribution >= 0.6 is 0 Å². The first-order valence-corrected chi connectivity index (χ1v) is 11.6. The maximum atomic E-state index is 12.2. The van der Waals surface area contributed by atoms with E-state index in [1.165, 1.54) is 10.8 Å². The zero-order chi connectivity index (χ0) is 20.8. The Balaban J connectivity index is 1.59. The van der Waals surface area contributed by atoms with Crippen LogP contribution in [0.5, 0.6) is 0 Å². The van der Waals surface area contributed by atoms with Crippen LogP contribution in [0.2, 0.25) is 0 Å². The van der Waals surface area contributed by atoms with Crippen molar-refractivity contribution < 1.29 is 4.42 Å². The van der Waals surface area contributed by atoms with Crippen molar-refractivity contribution in [3.63, 3.8) is 0 Å². The SMILES string of the molecule is O=c1cc([Se]c2c(-c3ccc4ccccc4c3)nc3ccccn23)c2ccccc2o1. The van der Waals surface area contributed by atoms with Gasteiger partial charge in [0.05, 0.1) is 0 Å². The third-order valence-electron chi connectivity index (χ3n) is 5.33. The third-order valence-corrected chi connectivity index (χ3v) is 7.72. The zero-order valence-electron chi connectivity index (χ0n) is 16.4. The van der Waals surface area contributed by atoms with Crippen LogP contribution in [-0.4, -0.2) is 24.3 Å². The molecule has 3 heterocycles. The Morgan fingerprint density at radius 1 is 0.806 bits per heavy atom. The third kappa shape index (κ3) is 3.15. The Morgan fingerprint density at radius 2 is 1.61 bits per heavy atom. The van der Waals surface area contributed by atoms with E-state index < -0.39 is 0 Å². The molecule has 5 heteroatoms. The first kappa shape index (κ1) is 18.1. The average Bonchev–Trinajstić information content (AvgIpc) is 3.17. The number of benzene rings is 3. The summed E-state index contributed by atoms with van der Waals surface area (Å²) in [5.74, 6) is 0. The molecule has 0 aliphatic rings. The molecule has 0 atom stereocenters. The first-order chi connectivity index (χ1) is 15.3. The maximum absolute atomic E-state index is 12.2. The monoisotopic (exact) mass is 468 g/mol. The Kier molecular flexibility index (Phi) is 4.23. The van der Waals surface area contributed by atoms with Crippen LogP contribution in [-0.2, 0) is 0 Å². The number of pyridine rings is 1. The second-order valence-corrected chi connectivity index (χ2v) is 9.45. The molecule has 3 aromatic heterocycles. The summed E-state index contributed by atoms with van der Waals surface area (Å²) in [6.07, 6.45) is 2.04. The van der Waals surface area contributed by atoms with Crippen molar-refractivity contribution in [2.45, 2.75) is 0 Å². The molecule has 6 rings (SSSR count). The molecule has 148 valence electrons. The van der Waals surface area contributed by atoms with Crippen LogP contribution in [0.4, 0.5) is 0 Å². The molecule has 0 aliphatic carbocycles. The topological polar surface area (TPSA) is 47.5 Å². The van der Waals surface area contributed by atoms with E-state index in [2.05, 4.69) is 40.8 Å². The number of para-hydroxylation sites is 1. The number of rotatable bonds is 3. The van der Waals surface area contributed by atoms with Crippen LogP contribution in [0, 0.1) is 0 Å². The Labute approximate surface area is 183 Å². The fourth-order valence-electron chi connectivity index (χ4n) is 3.87. The van der Waals surface area contributed by atoms with Gasteiger partial charge in [0.15, 0.2) is 0 Å². The molecule has 0 amide bonds. The van der Waals surface area contributed by atoms with E-state index in [1.807, 2.05) is 54.7 Å². The van der Waals surface area contributed by atoms with Gasteiger partial charge in [0.25, 0.3) is 0 Å². The van der Waals surface area contributed by atoms with E-state index in [4.69, 9.17) is 9.40 Å². The predicted octanol–water partition coefficient (Wildman–Crippen LogP) is 3.92. The van der Waals surface area contributed by atoms with Crippen LogP contribution < -0.4 is 14.7 Å². The Bertz CT molecular complexity index is 1650. The number of hydrogen-bond acceptors (Lipinski definition) is 3. The number of aromatic nitrogens is 2. The average molecular weight is 467 g/mol. The van der Waals surface area contributed by atoms with Crippen LogP contribution in [0.15, 0.2) is 106 Å². The molecule has 0 fully saturated rings. The Hall–Kier alpha value is -3.66. The molecule has 31 heavy (non-hydrogen) atoms. The molecule has 6 aromatic rings. The van der Waals surface area contributed by atoms with Gasteiger partial charge in [0, 0.05) is 0 Å². The van der Waals surface area contributed by atoms with Crippen LogP contribution in [0.3, 0.4) is 0 Å². The van der Waals surface area contributed by atoms with E-state index in [0.717, 1.165) is 31.3 Å². The summed E-state index contributed by atoms with van der Waals surface area (Å²) >= 11 is -0.155. The van der Waals surface area contributed by atoms with Gasteiger partial charge < -0.3 is 0 Å². The van der Waals surface area contributed by atoms with E-state index >= 15 is 0 Å². The van der Waals surface area contributed by atoms with Crippen molar-refractivity contribution in [2.75, 3.05) is 0 Å². The van der Waals surface area contributed by atoms with Gasteiger partial charge in [-0.3, -0.25) is 0 Å². The molecule has 0 bridgehead atoms. The number of imidazole rings is 1. The normalized spacial score (nSPS) is 11.5. The fraction of sp³-hybridized carbons (Fsp3) is 0. The van der Waals surface area contributed by atoms with Gasteiger partial charge in [-0.15, -0.1) is 0 Å². The molecule has 0 radical (unpaired) electrons. The van der Waals surface area contributed by atoms with Gasteiger partial charge in [-0.25, -0.2) is 0 Å². The number of nitrogens with zero attached hydrogens (tertiary/aromatic N) is 2. The van der Waals surface area contributed by atoms with E-state index in [0.29, 0.717) is 5.58 Å². The summed E-state index contributed by atoms with van der Waals surface area (Å²) in [7, 11) is 0. The van der Waals surface area contributed by atoms with Crippen molar-refractivity contribution in [3.8, 4) is 11.3 Å². The predicted molar refractivity (Wildman–Crippen MR) is 126 cm³/mol. The van der Waals surface area contributed by atoms with Crippen LogP contribution in [0.25, 0.3) is 38.6 Å². The Morgan fingerprint density at radius 3 is 2.55 bits per heavy atom. The molecule has 0 N–H and O–H groups in total. The number of fused-ring (bicyclic) bond motifs is 3. The van der Waals surface area contributed by atoms with E-state index in [1.54, 1.807) is 6.07 Å². The summed E-state index contributed by atoms with van der Waals surface area (Å²) in [5.41, 5.74) is 3.22. The minimum atomic E-state index is -0.323. The van der Waals surface area contributed by atoms with Crippen molar-refractivity contribution in [3.05, 3.63) is 108 Å². The molecule has 3 aromatic carbocycles. The summed E-state index contributed by atoms with van der Waals surface area (Å²) in [5, 5.41) is 3.35.